The topological polar surface area (TPSA) is 66.7 Å². The van der Waals surface area contributed by atoms with E-state index in [1.54, 1.807) is 9.30 Å². The van der Waals surface area contributed by atoms with Gasteiger partial charge in [0.25, 0.3) is 11.5 Å². The van der Waals surface area contributed by atoms with Crippen LogP contribution in [0.3, 0.4) is 0 Å². The molecule has 3 aromatic rings. The summed E-state index contributed by atoms with van der Waals surface area (Å²) in [5.74, 6) is -0.218. The van der Waals surface area contributed by atoms with Crippen LogP contribution in [-0.4, -0.2) is 39.3 Å². The summed E-state index contributed by atoms with van der Waals surface area (Å²) >= 11 is 1.47. The number of hydrogen-bond donors (Lipinski definition) is 1. The van der Waals surface area contributed by atoms with Gasteiger partial charge in [0.05, 0.1) is 0 Å². The zero-order valence-corrected chi connectivity index (χ0v) is 17.2. The lowest BCUT2D eigenvalue weighted by atomic mass is 10.0. The van der Waals surface area contributed by atoms with Crippen LogP contribution in [0.1, 0.15) is 39.3 Å². The highest BCUT2D eigenvalue weighted by atomic mass is 32.1. The molecule has 0 atom stereocenters. The maximum absolute atomic E-state index is 12.9. The molecule has 7 heteroatoms. The normalized spacial score (nSPS) is 15.2. The number of anilines is 1. The molecule has 4 rings (SSSR count). The van der Waals surface area contributed by atoms with E-state index >= 15 is 0 Å². The molecule has 0 saturated carbocycles. The lowest BCUT2D eigenvalue weighted by Crippen LogP contribution is -2.44. The van der Waals surface area contributed by atoms with Gasteiger partial charge >= 0.3 is 0 Å². The first-order valence-corrected chi connectivity index (χ1v) is 10.4. The van der Waals surface area contributed by atoms with Crippen LogP contribution in [0.15, 0.2) is 35.3 Å². The highest BCUT2D eigenvalue weighted by molar-refractivity contribution is 7.17. The molecule has 0 aliphatic carbocycles. The molecule has 1 saturated heterocycles. The van der Waals surface area contributed by atoms with E-state index in [1.807, 2.05) is 19.9 Å². The van der Waals surface area contributed by atoms with Gasteiger partial charge in [0.15, 0.2) is 4.96 Å². The van der Waals surface area contributed by atoms with Crippen LogP contribution in [0.2, 0.25) is 0 Å². The number of likely N-dealkylation sites (tertiary alicyclic amines) is 1. The van der Waals surface area contributed by atoms with Crippen LogP contribution in [0.5, 0.6) is 0 Å². The van der Waals surface area contributed by atoms with Crippen molar-refractivity contribution in [2.24, 2.45) is 0 Å². The summed E-state index contributed by atoms with van der Waals surface area (Å²) in [5.41, 5.74) is 3.08. The molecule has 2 aromatic heterocycles. The molecule has 3 heterocycles. The number of nitrogens with zero attached hydrogens (tertiary/aromatic N) is 3. The number of thiazole rings is 1. The van der Waals surface area contributed by atoms with Crippen LogP contribution in [0.25, 0.3) is 4.96 Å². The highest BCUT2D eigenvalue weighted by Crippen LogP contribution is 2.20. The number of rotatable bonds is 3. The Kier molecular flexibility index (Phi) is 4.93. The van der Waals surface area contributed by atoms with Gasteiger partial charge in [0, 0.05) is 41.6 Å². The van der Waals surface area contributed by atoms with Crippen molar-refractivity contribution in [3.8, 4) is 0 Å². The number of aryl methyl sites for hydroxylation is 3. The third-order valence-corrected chi connectivity index (χ3v) is 6.49. The second-order valence-corrected chi connectivity index (χ2v) is 8.60. The van der Waals surface area contributed by atoms with E-state index in [0.29, 0.717) is 24.1 Å². The van der Waals surface area contributed by atoms with Crippen molar-refractivity contribution < 1.29 is 4.79 Å². The summed E-state index contributed by atoms with van der Waals surface area (Å²) in [6.45, 7) is 7.19. The lowest BCUT2D eigenvalue weighted by molar-refractivity contribution is 0.0716. The van der Waals surface area contributed by atoms with E-state index in [-0.39, 0.29) is 17.0 Å². The number of piperidine rings is 1. The van der Waals surface area contributed by atoms with Gasteiger partial charge in [0.1, 0.15) is 5.56 Å². The van der Waals surface area contributed by atoms with Crippen LogP contribution in [0, 0.1) is 20.8 Å². The Morgan fingerprint density at radius 2 is 1.96 bits per heavy atom. The van der Waals surface area contributed by atoms with Gasteiger partial charge in [-0.3, -0.25) is 14.0 Å². The Bertz CT molecular complexity index is 1090. The van der Waals surface area contributed by atoms with Gasteiger partial charge in [0.2, 0.25) is 0 Å². The van der Waals surface area contributed by atoms with E-state index in [1.165, 1.54) is 23.1 Å². The van der Waals surface area contributed by atoms with Crippen LogP contribution >= 0.6 is 11.3 Å². The fourth-order valence-corrected chi connectivity index (χ4v) is 4.62. The van der Waals surface area contributed by atoms with E-state index in [0.717, 1.165) is 29.1 Å². The Balaban J connectivity index is 1.47. The molecule has 1 amide bonds. The summed E-state index contributed by atoms with van der Waals surface area (Å²) < 4.78 is 1.55. The summed E-state index contributed by atoms with van der Waals surface area (Å²) in [6.07, 6.45) is 3.15. The highest BCUT2D eigenvalue weighted by Gasteiger charge is 2.26. The molecule has 1 aromatic carbocycles. The molecule has 0 unspecified atom stereocenters. The number of fused-ring (bicyclic) bond motifs is 1. The Morgan fingerprint density at radius 1 is 1.21 bits per heavy atom. The summed E-state index contributed by atoms with van der Waals surface area (Å²) in [5, 5.41) is 3.55. The Morgan fingerprint density at radius 3 is 2.68 bits per heavy atom. The van der Waals surface area contributed by atoms with Crippen molar-refractivity contribution in [2.45, 2.75) is 39.7 Å². The molecule has 1 aliphatic heterocycles. The molecule has 0 spiro atoms. The number of carbonyl (C=O) groups excluding carboxylic acids is 1. The van der Waals surface area contributed by atoms with Gasteiger partial charge in [-0.1, -0.05) is 12.1 Å². The van der Waals surface area contributed by atoms with Crippen molar-refractivity contribution >= 4 is 27.9 Å². The molecule has 1 aliphatic rings. The molecule has 28 heavy (non-hydrogen) atoms. The van der Waals surface area contributed by atoms with E-state index in [9.17, 15) is 9.59 Å². The number of hydrogen-bond acceptors (Lipinski definition) is 5. The Hall–Kier alpha value is -2.67. The summed E-state index contributed by atoms with van der Waals surface area (Å²) in [6, 6.07) is 8.64. The second-order valence-electron chi connectivity index (χ2n) is 7.42. The third kappa shape index (κ3) is 3.42. The van der Waals surface area contributed by atoms with Gasteiger partial charge in [-0.05, 0) is 51.3 Å². The van der Waals surface area contributed by atoms with Gasteiger partial charge in [-0.25, -0.2) is 4.98 Å². The van der Waals surface area contributed by atoms with Crippen molar-refractivity contribution in [3.63, 3.8) is 0 Å². The predicted molar refractivity (Wildman–Crippen MR) is 113 cm³/mol. The first-order chi connectivity index (χ1) is 13.4. The first-order valence-electron chi connectivity index (χ1n) is 9.54. The van der Waals surface area contributed by atoms with Crippen LogP contribution in [0.4, 0.5) is 5.69 Å². The largest absolute Gasteiger partial charge is 0.382 e. The number of aromatic nitrogens is 2. The lowest BCUT2D eigenvalue weighted by Gasteiger charge is -2.32. The molecule has 146 valence electrons. The fourth-order valence-electron chi connectivity index (χ4n) is 3.69. The minimum atomic E-state index is -0.267. The van der Waals surface area contributed by atoms with E-state index in [2.05, 4.69) is 35.4 Å². The second kappa shape index (κ2) is 7.39. The summed E-state index contributed by atoms with van der Waals surface area (Å²) in [7, 11) is 0. The average Bonchev–Trinajstić information content (AvgIpc) is 2.97. The minimum Gasteiger partial charge on any atom is -0.382 e. The van der Waals surface area contributed by atoms with Crippen molar-refractivity contribution in [1.29, 1.82) is 0 Å². The van der Waals surface area contributed by atoms with Crippen molar-refractivity contribution in [2.75, 3.05) is 18.4 Å². The molecule has 0 radical (unpaired) electrons. The zero-order chi connectivity index (χ0) is 19.8. The molecule has 0 bridgehead atoms. The quantitative estimate of drug-likeness (QED) is 0.737. The standard InChI is InChI=1S/C21H24N4O2S/c1-13-5-4-6-17(11-13)23-16-7-9-24(10-8-16)19(26)18-12-22-21-25(20(18)27)14(2)15(3)28-21/h4-6,11-12,16,23H,7-10H2,1-3H3. The van der Waals surface area contributed by atoms with Crippen LogP contribution < -0.4 is 10.9 Å². The maximum atomic E-state index is 12.9. The third-order valence-electron chi connectivity index (χ3n) is 5.42. The fraction of sp³-hybridized carbons (Fsp3) is 0.381. The number of nitrogens with one attached hydrogen (secondary N) is 1. The van der Waals surface area contributed by atoms with Gasteiger partial charge in [-0.2, -0.15) is 0 Å². The van der Waals surface area contributed by atoms with Crippen molar-refractivity contribution in [1.82, 2.24) is 14.3 Å². The maximum Gasteiger partial charge on any atom is 0.271 e. The number of amides is 1. The molecule has 1 fully saturated rings. The summed E-state index contributed by atoms with van der Waals surface area (Å²) in [4.78, 5) is 33.6. The smallest absolute Gasteiger partial charge is 0.271 e. The van der Waals surface area contributed by atoms with Gasteiger partial charge in [-0.15, -0.1) is 11.3 Å². The van der Waals surface area contributed by atoms with Crippen LogP contribution in [-0.2, 0) is 0 Å². The molecular weight excluding hydrogens is 372 g/mol. The average molecular weight is 397 g/mol. The van der Waals surface area contributed by atoms with E-state index < -0.39 is 0 Å². The minimum absolute atomic E-state index is 0.156. The number of benzene rings is 1. The zero-order valence-electron chi connectivity index (χ0n) is 16.4. The molecular formula is C21H24N4O2S. The van der Waals surface area contributed by atoms with E-state index in [4.69, 9.17) is 0 Å². The number of carbonyl (C=O) groups is 1. The monoisotopic (exact) mass is 396 g/mol. The Labute approximate surface area is 167 Å². The molecule has 6 nitrogen and oxygen atoms in total. The SMILES string of the molecule is Cc1cccc(NC2CCN(C(=O)c3cnc4sc(C)c(C)n4c3=O)CC2)c1. The molecule has 1 N–H and O–H groups in total. The first kappa shape index (κ1) is 18.7. The predicted octanol–water partition coefficient (Wildman–Crippen LogP) is 3.40. The van der Waals surface area contributed by atoms with Crippen molar-refractivity contribution in [3.05, 3.63) is 62.5 Å². The van der Waals surface area contributed by atoms with Gasteiger partial charge < -0.3 is 10.2 Å².